The second kappa shape index (κ2) is 6.23. The summed E-state index contributed by atoms with van der Waals surface area (Å²) in [6, 6.07) is 19.8. The van der Waals surface area contributed by atoms with Gasteiger partial charge in [0.1, 0.15) is 5.41 Å². The van der Waals surface area contributed by atoms with Gasteiger partial charge in [0.25, 0.3) is 0 Å². The number of amides is 1. The minimum Gasteiger partial charge on any atom is -0.324 e. The smallest absolute Gasteiger partial charge is 0.244 e. The molecule has 1 amide bonds. The SMILES string of the molecule is CC(C)(C#N)C(=O)Nc1ccccc1Cc1ccccc1. The number of para-hydroxylation sites is 1. The zero-order valence-electron chi connectivity index (χ0n) is 12.3. The lowest BCUT2D eigenvalue weighted by Gasteiger charge is -2.17. The van der Waals surface area contributed by atoms with Crippen LogP contribution >= 0.6 is 0 Å². The van der Waals surface area contributed by atoms with E-state index >= 15 is 0 Å². The van der Waals surface area contributed by atoms with Crippen molar-refractivity contribution in [3.05, 3.63) is 65.7 Å². The fourth-order valence-corrected chi connectivity index (χ4v) is 1.94. The summed E-state index contributed by atoms with van der Waals surface area (Å²) in [5.74, 6) is -0.287. The minimum absolute atomic E-state index is 0.287. The van der Waals surface area contributed by atoms with Crippen LogP contribution < -0.4 is 5.32 Å². The first-order valence-electron chi connectivity index (χ1n) is 6.87. The van der Waals surface area contributed by atoms with Gasteiger partial charge in [-0.1, -0.05) is 48.5 Å². The summed E-state index contributed by atoms with van der Waals surface area (Å²) in [6.45, 7) is 3.23. The largest absolute Gasteiger partial charge is 0.324 e. The summed E-state index contributed by atoms with van der Waals surface area (Å²) in [5, 5.41) is 11.9. The van der Waals surface area contributed by atoms with E-state index in [1.807, 2.05) is 48.5 Å². The second-order valence-corrected chi connectivity index (χ2v) is 5.51. The quantitative estimate of drug-likeness (QED) is 0.925. The van der Waals surface area contributed by atoms with Crippen LogP contribution in [0.3, 0.4) is 0 Å². The highest BCUT2D eigenvalue weighted by molar-refractivity contribution is 5.97. The Balaban J connectivity index is 2.22. The molecule has 0 bridgehead atoms. The highest BCUT2D eigenvalue weighted by atomic mass is 16.2. The zero-order chi connectivity index (χ0) is 15.3. The Hall–Kier alpha value is -2.60. The summed E-state index contributed by atoms with van der Waals surface area (Å²) in [4.78, 5) is 12.1. The number of anilines is 1. The molecule has 106 valence electrons. The van der Waals surface area contributed by atoms with Gasteiger partial charge in [0.15, 0.2) is 0 Å². The molecule has 0 saturated heterocycles. The van der Waals surface area contributed by atoms with Crippen LogP contribution in [0.5, 0.6) is 0 Å². The molecule has 2 aromatic rings. The Morgan fingerprint density at radius 1 is 1.10 bits per heavy atom. The number of benzene rings is 2. The molecular weight excluding hydrogens is 260 g/mol. The molecule has 2 rings (SSSR count). The number of nitrogens with zero attached hydrogens (tertiary/aromatic N) is 1. The molecule has 0 aromatic heterocycles. The van der Waals surface area contributed by atoms with E-state index in [9.17, 15) is 4.79 Å². The third-order valence-electron chi connectivity index (χ3n) is 3.35. The second-order valence-electron chi connectivity index (χ2n) is 5.51. The average Bonchev–Trinajstić information content (AvgIpc) is 2.50. The fourth-order valence-electron chi connectivity index (χ4n) is 1.94. The monoisotopic (exact) mass is 278 g/mol. The summed E-state index contributed by atoms with van der Waals surface area (Å²) in [7, 11) is 0. The maximum Gasteiger partial charge on any atom is 0.244 e. The summed E-state index contributed by atoms with van der Waals surface area (Å²) in [6.07, 6.45) is 0.740. The van der Waals surface area contributed by atoms with Crippen LogP contribution in [0.4, 0.5) is 5.69 Å². The number of carbonyl (C=O) groups is 1. The van der Waals surface area contributed by atoms with E-state index in [4.69, 9.17) is 5.26 Å². The molecule has 0 spiro atoms. The molecular formula is C18H18N2O. The molecule has 21 heavy (non-hydrogen) atoms. The molecule has 0 unspecified atom stereocenters. The molecule has 1 N–H and O–H groups in total. The lowest BCUT2D eigenvalue weighted by atomic mass is 9.94. The molecule has 2 aromatic carbocycles. The van der Waals surface area contributed by atoms with E-state index in [2.05, 4.69) is 17.4 Å². The van der Waals surface area contributed by atoms with Crippen LogP contribution in [-0.4, -0.2) is 5.91 Å². The molecule has 0 heterocycles. The number of nitriles is 1. The van der Waals surface area contributed by atoms with Gasteiger partial charge in [-0.15, -0.1) is 0 Å². The normalized spacial score (nSPS) is 10.7. The molecule has 0 saturated carbocycles. The molecule has 0 aliphatic rings. The molecule has 0 atom stereocenters. The van der Waals surface area contributed by atoms with Crippen LogP contribution in [0.25, 0.3) is 0 Å². The van der Waals surface area contributed by atoms with Crippen molar-refractivity contribution in [1.29, 1.82) is 5.26 Å². The van der Waals surface area contributed by atoms with E-state index in [-0.39, 0.29) is 5.91 Å². The fraction of sp³-hybridized carbons (Fsp3) is 0.222. The van der Waals surface area contributed by atoms with Crippen LogP contribution in [0, 0.1) is 16.7 Å². The maximum absolute atomic E-state index is 12.1. The maximum atomic E-state index is 12.1. The van der Waals surface area contributed by atoms with Crippen LogP contribution in [0.2, 0.25) is 0 Å². The predicted molar refractivity (Wildman–Crippen MR) is 83.7 cm³/mol. The van der Waals surface area contributed by atoms with Crippen molar-refractivity contribution in [2.45, 2.75) is 20.3 Å². The zero-order valence-corrected chi connectivity index (χ0v) is 12.3. The van der Waals surface area contributed by atoms with Crippen LogP contribution in [0.1, 0.15) is 25.0 Å². The van der Waals surface area contributed by atoms with Gasteiger partial charge in [-0.25, -0.2) is 0 Å². The lowest BCUT2D eigenvalue weighted by molar-refractivity contribution is -0.121. The average molecular weight is 278 g/mol. The van der Waals surface area contributed by atoms with Gasteiger partial charge in [0, 0.05) is 5.69 Å². The van der Waals surface area contributed by atoms with Gasteiger partial charge < -0.3 is 5.32 Å². The van der Waals surface area contributed by atoms with E-state index in [0.717, 1.165) is 17.7 Å². The Morgan fingerprint density at radius 3 is 2.38 bits per heavy atom. The molecule has 0 fully saturated rings. The minimum atomic E-state index is -1.04. The van der Waals surface area contributed by atoms with Crippen molar-refractivity contribution >= 4 is 11.6 Å². The third kappa shape index (κ3) is 3.70. The molecule has 3 heteroatoms. The Morgan fingerprint density at radius 2 is 1.71 bits per heavy atom. The Bertz CT molecular complexity index is 669. The number of hydrogen-bond acceptors (Lipinski definition) is 2. The van der Waals surface area contributed by atoms with Crippen LogP contribution in [0.15, 0.2) is 54.6 Å². The molecule has 0 aliphatic carbocycles. The highest BCUT2D eigenvalue weighted by Gasteiger charge is 2.27. The summed E-state index contributed by atoms with van der Waals surface area (Å²) < 4.78 is 0. The topological polar surface area (TPSA) is 52.9 Å². The molecule has 0 radical (unpaired) electrons. The van der Waals surface area contributed by atoms with E-state index in [1.54, 1.807) is 13.8 Å². The first kappa shape index (κ1) is 14.8. The number of nitrogens with one attached hydrogen (secondary N) is 1. The Labute approximate surface area is 125 Å². The van der Waals surface area contributed by atoms with Crippen LogP contribution in [-0.2, 0) is 11.2 Å². The molecule has 0 aliphatic heterocycles. The van der Waals surface area contributed by atoms with Gasteiger partial charge in [-0.2, -0.15) is 5.26 Å². The van der Waals surface area contributed by atoms with E-state index in [0.29, 0.717) is 0 Å². The first-order valence-corrected chi connectivity index (χ1v) is 6.87. The van der Waals surface area contributed by atoms with Crippen molar-refractivity contribution in [1.82, 2.24) is 0 Å². The van der Waals surface area contributed by atoms with Crippen molar-refractivity contribution in [2.75, 3.05) is 5.32 Å². The van der Waals surface area contributed by atoms with Gasteiger partial charge in [-0.05, 0) is 37.5 Å². The summed E-state index contributed by atoms with van der Waals surface area (Å²) in [5.41, 5.74) is 1.93. The van der Waals surface area contributed by atoms with Gasteiger partial charge in [0.05, 0.1) is 6.07 Å². The van der Waals surface area contributed by atoms with Crippen molar-refractivity contribution in [3.8, 4) is 6.07 Å². The lowest BCUT2D eigenvalue weighted by Crippen LogP contribution is -2.29. The van der Waals surface area contributed by atoms with E-state index < -0.39 is 5.41 Å². The van der Waals surface area contributed by atoms with Gasteiger partial charge >= 0.3 is 0 Å². The first-order chi connectivity index (χ1) is 10.0. The van der Waals surface area contributed by atoms with Crippen molar-refractivity contribution in [3.63, 3.8) is 0 Å². The highest BCUT2D eigenvalue weighted by Crippen LogP contribution is 2.22. The number of hydrogen-bond donors (Lipinski definition) is 1. The van der Waals surface area contributed by atoms with Gasteiger partial charge in [0.2, 0.25) is 5.91 Å². The molecule has 3 nitrogen and oxygen atoms in total. The third-order valence-corrected chi connectivity index (χ3v) is 3.35. The number of rotatable bonds is 4. The standard InChI is InChI=1S/C18H18N2O/c1-18(2,13-19)17(21)20-16-11-7-6-10-15(16)12-14-8-4-3-5-9-14/h3-11H,12H2,1-2H3,(H,20,21). The van der Waals surface area contributed by atoms with E-state index in [1.165, 1.54) is 5.56 Å². The van der Waals surface area contributed by atoms with Crippen molar-refractivity contribution in [2.24, 2.45) is 5.41 Å². The number of carbonyl (C=O) groups excluding carboxylic acids is 1. The predicted octanol–water partition coefficient (Wildman–Crippen LogP) is 3.77. The Kier molecular flexibility index (Phi) is 4.39. The van der Waals surface area contributed by atoms with Gasteiger partial charge in [-0.3, -0.25) is 4.79 Å². The summed E-state index contributed by atoms with van der Waals surface area (Å²) >= 11 is 0. The van der Waals surface area contributed by atoms with Crippen molar-refractivity contribution < 1.29 is 4.79 Å².